The second-order valence-electron chi connectivity index (χ2n) is 5.78. The predicted octanol–water partition coefficient (Wildman–Crippen LogP) is 2.61. The van der Waals surface area contributed by atoms with Crippen molar-refractivity contribution in [2.24, 2.45) is 0 Å². The van der Waals surface area contributed by atoms with E-state index in [1.54, 1.807) is 11.7 Å². The Kier molecular flexibility index (Phi) is 5.00. The monoisotopic (exact) mass is 339 g/mol. The summed E-state index contributed by atoms with van der Waals surface area (Å²) in [6.07, 6.45) is 0. The zero-order valence-electron chi connectivity index (χ0n) is 14.4. The minimum Gasteiger partial charge on any atom is -0.380 e. The third-order valence-corrected chi connectivity index (χ3v) is 4.06. The normalized spacial score (nSPS) is 11.0. The standard InChI is InChI=1S/C19H21N3O3/c1-3-21-16-9-4-5-10-17(16)22(19(21)24)12-18(23)20-15-8-6-7-14(11-15)13-25-2/h4-11H,3,12-13H2,1-2H3,(H,20,23). The first-order chi connectivity index (χ1) is 12.1. The number of hydrogen-bond donors (Lipinski definition) is 1. The van der Waals surface area contributed by atoms with Crippen LogP contribution in [0.3, 0.4) is 0 Å². The maximum absolute atomic E-state index is 12.6. The maximum Gasteiger partial charge on any atom is 0.329 e. The van der Waals surface area contributed by atoms with Crippen molar-refractivity contribution in [3.8, 4) is 0 Å². The van der Waals surface area contributed by atoms with Gasteiger partial charge in [-0.05, 0) is 36.8 Å². The summed E-state index contributed by atoms with van der Waals surface area (Å²) in [4.78, 5) is 25.0. The number of fused-ring (bicyclic) bond motifs is 1. The number of carbonyl (C=O) groups excluding carboxylic acids is 1. The minimum absolute atomic E-state index is 0.0269. The number of para-hydroxylation sites is 2. The van der Waals surface area contributed by atoms with Crippen LogP contribution in [0.15, 0.2) is 53.3 Å². The Labute approximate surface area is 145 Å². The molecule has 3 aromatic rings. The van der Waals surface area contributed by atoms with Gasteiger partial charge in [-0.15, -0.1) is 0 Å². The summed E-state index contributed by atoms with van der Waals surface area (Å²) in [5.74, 6) is -0.240. The number of nitrogens with zero attached hydrogens (tertiary/aromatic N) is 2. The van der Waals surface area contributed by atoms with E-state index in [2.05, 4.69) is 5.32 Å². The molecule has 0 aliphatic carbocycles. The topological polar surface area (TPSA) is 65.3 Å². The van der Waals surface area contributed by atoms with E-state index in [1.807, 2.05) is 55.5 Å². The number of carbonyl (C=O) groups is 1. The number of rotatable bonds is 6. The number of aryl methyl sites for hydroxylation is 1. The molecule has 0 fully saturated rings. The number of aromatic nitrogens is 2. The molecule has 0 unspecified atom stereocenters. The molecule has 0 bridgehead atoms. The number of anilines is 1. The number of nitrogens with one attached hydrogen (secondary N) is 1. The van der Waals surface area contributed by atoms with Crippen LogP contribution in [0.25, 0.3) is 11.0 Å². The second-order valence-corrected chi connectivity index (χ2v) is 5.78. The molecule has 25 heavy (non-hydrogen) atoms. The van der Waals surface area contributed by atoms with Gasteiger partial charge in [0.25, 0.3) is 0 Å². The van der Waals surface area contributed by atoms with E-state index in [1.165, 1.54) is 4.57 Å². The Bertz CT molecular complexity index is 956. The average Bonchev–Trinajstić information content (AvgIpc) is 2.87. The van der Waals surface area contributed by atoms with Crippen molar-refractivity contribution >= 4 is 22.6 Å². The highest BCUT2D eigenvalue weighted by molar-refractivity contribution is 5.91. The summed E-state index contributed by atoms with van der Waals surface area (Å²) < 4.78 is 8.28. The van der Waals surface area contributed by atoms with Crippen LogP contribution in [0.5, 0.6) is 0 Å². The van der Waals surface area contributed by atoms with Crippen LogP contribution in [0.4, 0.5) is 5.69 Å². The lowest BCUT2D eigenvalue weighted by molar-refractivity contribution is -0.116. The number of amides is 1. The van der Waals surface area contributed by atoms with Gasteiger partial charge in [-0.25, -0.2) is 4.79 Å². The van der Waals surface area contributed by atoms with Gasteiger partial charge in [0.1, 0.15) is 6.54 Å². The SMILES string of the molecule is CCn1c(=O)n(CC(=O)Nc2cccc(COC)c2)c2ccccc21. The Morgan fingerprint density at radius 2 is 1.80 bits per heavy atom. The minimum atomic E-state index is -0.240. The number of ether oxygens (including phenoxy) is 1. The van der Waals surface area contributed by atoms with E-state index in [9.17, 15) is 9.59 Å². The van der Waals surface area contributed by atoms with Gasteiger partial charge < -0.3 is 10.1 Å². The quantitative estimate of drug-likeness (QED) is 0.751. The Balaban J connectivity index is 1.84. The van der Waals surface area contributed by atoms with Gasteiger partial charge in [0.2, 0.25) is 5.91 Å². The van der Waals surface area contributed by atoms with Gasteiger partial charge in [0.05, 0.1) is 17.6 Å². The van der Waals surface area contributed by atoms with Crippen molar-refractivity contribution in [1.82, 2.24) is 9.13 Å². The molecular formula is C19H21N3O3. The third-order valence-electron chi connectivity index (χ3n) is 4.06. The number of hydrogen-bond acceptors (Lipinski definition) is 3. The molecule has 0 aliphatic rings. The molecule has 130 valence electrons. The first-order valence-corrected chi connectivity index (χ1v) is 8.19. The molecule has 1 N–H and O–H groups in total. The molecule has 0 saturated heterocycles. The van der Waals surface area contributed by atoms with Crippen molar-refractivity contribution in [2.75, 3.05) is 12.4 Å². The van der Waals surface area contributed by atoms with Crippen LogP contribution in [-0.2, 0) is 29.2 Å². The van der Waals surface area contributed by atoms with Gasteiger partial charge in [0.15, 0.2) is 0 Å². The van der Waals surface area contributed by atoms with Crippen molar-refractivity contribution in [2.45, 2.75) is 26.6 Å². The van der Waals surface area contributed by atoms with Gasteiger partial charge in [-0.3, -0.25) is 13.9 Å². The van der Waals surface area contributed by atoms with Gasteiger partial charge in [-0.2, -0.15) is 0 Å². The largest absolute Gasteiger partial charge is 0.380 e. The summed E-state index contributed by atoms with van der Waals surface area (Å²) in [5, 5.41) is 2.84. The Morgan fingerprint density at radius 3 is 2.48 bits per heavy atom. The molecular weight excluding hydrogens is 318 g/mol. The van der Waals surface area contributed by atoms with Crippen LogP contribution in [0, 0.1) is 0 Å². The van der Waals surface area contributed by atoms with Crippen LogP contribution in [0.2, 0.25) is 0 Å². The van der Waals surface area contributed by atoms with Crippen molar-refractivity contribution in [3.05, 3.63) is 64.6 Å². The molecule has 0 spiro atoms. The molecule has 1 heterocycles. The summed E-state index contributed by atoms with van der Waals surface area (Å²) in [6.45, 7) is 2.93. The smallest absolute Gasteiger partial charge is 0.329 e. The number of benzene rings is 2. The lowest BCUT2D eigenvalue weighted by Gasteiger charge is -2.08. The van der Waals surface area contributed by atoms with Crippen LogP contribution in [0.1, 0.15) is 12.5 Å². The zero-order chi connectivity index (χ0) is 17.8. The first-order valence-electron chi connectivity index (χ1n) is 8.19. The average molecular weight is 339 g/mol. The molecule has 6 nitrogen and oxygen atoms in total. The van der Waals surface area contributed by atoms with E-state index < -0.39 is 0 Å². The van der Waals surface area contributed by atoms with E-state index in [4.69, 9.17) is 4.74 Å². The van der Waals surface area contributed by atoms with Gasteiger partial charge >= 0.3 is 5.69 Å². The highest BCUT2D eigenvalue weighted by atomic mass is 16.5. The fraction of sp³-hybridized carbons (Fsp3) is 0.263. The summed E-state index contributed by atoms with van der Waals surface area (Å²) >= 11 is 0. The fourth-order valence-electron chi connectivity index (χ4n) is 2.98. The first kappa shape index (κ1) is 17.0. The van der Waals surface area contributed by atoms with Gasteiger partial charge in [0, 0.05) is 19.3 Å². The molecule has 3 rings (SSSR count). The van der Waals surface area contributed by atoms with E-state index in [0.29, 0.717) is 18.8 Å². The lowest BCUT2D eigenvalue weighted by atomic mass is 10.2. The summed E-state index contributed by atoms with van der Waals surface area (Å²) in [5.41, 5.74) is 3.08. The molecule has 2 aromatic carbocycles. The fourth-order valence-corrected chi connectivity index (χ4v) is 2.98. The van der Waals surface area contributed by atoms with Crippen molar-refractivity contribution in [1.29, 1.82) is 0 Å². The number of methoxy groups -OCH3 is 1. The molecule has 0 radical (unpaired) electrons. The molecule has 1 amide bonds. The second kappa shape index (κ2) is 7.36. The summed E-state index contributed by atoms with van der Waals surface area (Å²) in [7, 11) is 1.63. The highest BCUT2D eigenvalue weighted by Gasteiger charge is 2.14. The van der Waals surface area contributed by atoms with Crippen LogP contribution < -0.4 is 11.0 Å². The van der Waals surface area contributed by atoms with Crippen LogP contribution in [-0.4, -0.2) is 22.2 Å². The predicted molar refractivity (Wildman–Crippen MR) is 97.7 cm³/mol. The highest BCUT2D eigenvalue weighted by Crippen LogP contribution is 2.14. The molecule has 0 saturated carbocycles. The summed E-state index contributed by atoms with van der Waals surface area (Å²) in [6, 6.07) is 15.0. The maximum atomic E-state index is 12.6. The number of imidazole rings is 1. The zero-order valence-corrected chi connectivity index (χ0v) is 14.4. The molecule has 6 heteroatoms. The molecule has 0 atom stereocenters. The van der Waals surface area contributed by atoms with Gasteiger partial charge in [-0.1, -0.05) is 24.3 Å². The van der Waals surface area contributed by atoms with Crippen LogP contribution >= 0.6 is 0 Å². The molecule has 1 aromatic heterocycles. The Morgan fingerprint density at radius 1 is 1.08 bits per heavy atom. The Hall–Kier alpha value is -2.86. The van der Waals surface area contributed by atoms with E-state index in [0.717, 1.165) is 16.6 Å². The van der Waals surface area contributed by atoms with Crippen molar-refractivity contribution < 1.29 is 9.53 Å². The third kappa shape index (κ3) is 3.49. The van der Waals surface area contributed by atoms with E-state index >= 15 is 0 Å². The van der Waals surface area contributed by atoms with Crippen molar-refractivity contribution in [3.63, 3.8) is 0 Å². The molecule has 0 aliphatic heterocycles. The van der Waals surface area contributed by atoms with E-state index in [-0.39, 0.29) is 18.1 Å². The lowest BCUT2D eigenvalue weighted by Crippen LogP contribution is -2.29.